The Labute approximate surface area is 121 Å². The number of benzene rings is 1. The van der Waals surface area contributed by atoms with Crippen LogP contribution in [-0.2, 0) is 4.79 Å². The summed E-state index contributed by atoms with van der Waals surface area (Å²) in [5.41, 5.74) is 0.885. The minimum Gasteiger partial charge on any atom is -0.305 e. The first-order chi connectivity index (χ1) is 9.97. The van der Waals surface area contributed by atoms with Gasteiger partial charge in [0.2, 0.25) is 0 Å². The minimum absolute atomic E-state index is 0.0263. The first kappa shape index (κ1) is 14.6. The second-order valence-corrected chi connectivity index (χ2v) is 6.01. The first-order valence-corrected chi connectivity index (χ1v) is 7.37. The van der Waals surface area contributed by atoms with Crippen LogP contribution in [0, 0.1) is 11.8 Å². The van der Waals surface area contributed by atoms with Crippen LogP contribution < -0.4 is 5.32 Å². The van der Waals surface area contributed by atoms with Crippen LogP contribution in [0.25, 0.3) is 0 Å². The highest BCUT2D eigenvalue weighted by Gasteiger charge is 2.52. The normalized spacial score (nSPS) is 33.6. The number of alkyl halides is 3. The monoisotopic (exact) mass is 297 g/mol. The topological polar surface area (TPSA) is 29.1 Å². The molecule has 1 aromatic rings. The van der Waals surface area contributed by atoms with Gasteiger partial charge in [-0.3, -0.25) is 4.79 Å². The van der Waals surface area contributed by atoms with Gasteiger partial charge in [0.05, 0.1) is 5.92 Å². The van der Waals surface area contributed by atoms with E-state index in [0.29, 0.717) is 12.8 Å². The molecule has 1 N–H and O–H groups in total. The SMILES string of the molecule is O=C1CC(c2ccccc2)NC2C1CCCC2C(F)(F)F. The second-order valence-electron chi connectivity index (χ2n) is 6.01. The number of carbonyl (C=O) groups excluding carboxylic acids is 1. The fourth-order valence-corrected chi connectivity index (χ4v) is 3.70. The molecule has 1 saturated heterocycles. The molecule has 2 fully saturated rings. The number of hydrogen-bond acceptors (Lipinski definition) is 2. The van der Waals surface area contributed by atoms with Crippen LogP contribution in [0.15, 0.2) is 30.3 Å². The predicted molar refractivity (Wildman–Crippen MR) is 72.6 cm³/mol. The molecule has 4 unspecified atom stereocenters. The van der Waals surface area contributed by atoms with Crippen molar-refractivity contribution in [2.24, 2.45) is 11.8 Å². The van der Waals surface area contributed by atoms with E-state index in [-0.39, 0.29) is 24.7 Å². The van der Waals surface area contributed by atoms with Gasteiger partial charge in [-0.05, 0) is 18.4 Å². The van der Waals surface area contributed by atoms with Crippen LogP contribution in [0.5, 0.6) is 0 Å². The lowest BCUT2D eigenvalue weighted by Crippen LogP contribution is -2.57. The summed E-state index contributed by atoms with van der Waals surface area (Å²) < 4.78 is 39.7. The summed E-state index contributed by atoms with van der Waals surface area (Å²) in [6.45, 7) is 0. The molecular formula is C16H18F3NO. The number of carbonyl (C=O) groups is 1. The highest BCUT2D eigenvalue weighted by molar-refractivity contribution is 5.83. The van der Waals surface area contributed by atoms with Gasteiger partial charge in [-0.2, -0.15) is 13.2 Å². The zero-order valence-electron chi connectivity index (χ0n) is 11.6. The Morgan fingerprint density at radius 1 is 1.10 bits per heavy atom. The van der Waals surface area contributed by atoms with Crippen molar-refractivity contribution in [1.82, 2.24) is 5.32 Å². The van der Waals surface area contributed by atoms with Crippen molar-refractivity contribution in [2.75, 3.05) is 0 Å². The summed E-state index contributed by atoms with van der Waals surface area (Å²) in [6, 6.07) is 8.18. The zero-order valence-corrected chi connectivity index (χ0v) is 11.6. The molecule has 21 heavy (non-hydrogen) atoms. The quantitative estimate of drug-likeness (QED) is 0.857. The van der Waals surface area contributed by atoms with Crippen LogP contribution in [0.2, 0.25) is 0 Å². The molecule has 4 atom stereocenters. The lowest BCUT2D eigenvalue weighted by atomic mass is 9.70. The minimum atomic E-state index is -4.24. The van der Waals surface area contributed by atoms with Gasteiger partial charge in [0, 0.05) is 24.4 Å². The molecule has 0 amide bonds. The maximum atomic E-state index is 13.2. The molecule has 0 radical (unpaired) electrons. The smallest absolute Gasteiger partial charge is 0.305 e. The highest BCUT2D eigenvalue weighted by atomic mass is 19.4. The van der Waals surface area contributed by atoms with Crippen molar-refractivity contribution >= 4 is 5.78 Å². The number of rotatable bonds is 1. The van der Waals surface area contributed by atoms with Crippen LogP contribution >= 0.6 is 0 Å². The molecule has 0 aromatic heterocycles. The third-order valence-corrected chi connectivity index (χ3v) is 4.73. The molecule has 5 heteroatoms. The van der Waals surface area contributed by atoms with Crippen molar-refractivity contribution in [3.05, 3.63) is 35.9 Å². The summed E-state index contributed by atoms with van der Waals surface area (Å²) in [7, 11) is 0. The van der Waals surface area contributed by atoms with Gasteiger partial charge in [-0.25, -0.2) is 0 Å². The molecule has 1 aromatic carbocycles. The van der Waals surface area contributed by atoms with E-state index in [9.17, 15) is 18.0 Å². The van der Waals surface area contributed by atoms with E-state index in [0.717, 1.165) is 5.56 Å². The molecule has 0 spiro atoms. The van der Waals surface area contributed by atoms with Gasteiger partial charge in [0.15, 0.2) is 0 Å². The summed E-state index contributed by atoms with van der Waals surface area (Å²) in [6.07, 6.45) is -2.78. The van der Waals surface area contributed by atoms with Crippen LogP contribution in [0.3, 0.4) is 0 Å². The number of Topliss-reactive ketones (excluding diaryl/α,β-unsaturated/α-hetero) is 1. The average Bonchev–Trinajstić information content (AvgIpc) is 2.46. The lowest BCUT2D eigenvalue weighted by Gasteiger charge is -2.44. The molecular weight excluding hydrogens is 279 g/mol. The lowest BCUT2D eigenvalue weighted by molar-refractivity contribution is -0.197. The van der Waals surface area contributed by atoms with Gasteiger partial charge in [0.1, 0.15) is 5.78 Å². The molecule has 0 bridgehead atoms. The average molecular weight is 297 g/mol. The van der Waals surface area contributed by atoms with Crippen LogP contribution in [0.1, 0.15) is 37.3 Å². The Morgan fingerprint density at radius 3 is 2.48 bits per heavy atom. The van der Waals surface area contributed by atoms with Gasteiger partial charge >= 0.3 is 6.18 Å². The standard InChI is InChI=1S/C16H18F3NO/c17-16(18,19)12-8-4-7-11-14(21)9-13(20-15(11)12)10-5-2-1-3-6-10/h1-3,5-6,11-13,15,20H,4,7-9H2. The molecule has 2 nitrogen and oxygen atoms in total. The van der Waals surface area contributed by atoms with E-state index in [2.05, 4.69) is 5.32 Å². The number of fused-ring (bicyclic) bond motifs is 1. The molecule has 1 heterocycles. The summed E-state index contributed by atoms with van der Waals surface area (Å²) in [5, 5.41) is 3.12. The Balaban J connectivity index is 1.86. The Kier molecular flexibility index (Phi) is 3.78. The summed E-state index contributed by atoms with van der Waals surface area (Å²) >= 11 is 0. The second kappa shape index (κ2) is 5.44. The molecule has 2 aliphatic rings. The largest absolute Gasteiger partial charge is 0.393 e. The molecule has 1 aliphatic carbocycles. The van der Waals surface area contributed by atoms with Crippen LogP contribution in [-0.4, -0.2) is 18.0 Å². The zero-order chi connectivity index (χ0) is 15.0. The van der Waals surface area contributed by atoms with E-state index < -0.39 is 24.1 Å². The van der Waals surface area contributed by atoms with E-state index in [1.165, 1.54) is 0 Å². The third-order valence-electron chi connectivity index (χ3n) is 4.73. The van der Waals surface area contributed by atoms with E-state index >= 15 is 0 Å². The summed E-state index contributed by atoms with van der Waals surface area (Å²) in [4.78, 5) is 12.3. The number of hydrogen-bond donors (Lipinski definition) is 1. The van der Waals surface area contributed by atoms with Gasteiger partial charge in [-0.1, -0.05) is 36.8 Å². The van der Waals surface area contributed by atoms with Gasteiger partial charge in [0.25, 0.3) is 0 Å². The highest BCUT2D eigenvalue weighted by Crippen LogP contribution is 2.44. The predicted octanol–water partition coefficient (Wildman–Crippen LogP) is 3.64. The third kappa shape index (κ3) is 2.84. The number of piperidine rings is 1. The van der Waals surface area contributed by atoms with Crippen molar-refractivity contribution in [3.8, 4) is 0 Å². The van der Waals surface area contributed by atoms with E-state index in [4.69, 9.17) is 0 Å². The fraction of sp³-hybridized carbons (Fsp3) is 0.562. The number of ketones is 1. The van der Waals surface area contributed by atoms with Crippen molar-refractivity contribution in [3.63, 3.8) is 0 Å². The van der Waals surface area contributed by atoms with Crippen molar-refractivity contribution in [2.45, 2.75) is 43.9 Å². The molecule has 114 valence electrons. The molecule has 3 rings (SSSR count). The fourth-order valence-electron chi connectivity index (χ4n) is 3.70. The number of nitrogens with one attached hydrogen (secondary N) is 1. The Bertz CT molecular complexity index is 514. The van der Waals surface area contributed by atoms with Crippen LogP contribution in [0.4, 0.5) is 13.2 Å². The van der Waals surface area contributed by atoms with Crippen molar-refractivity contribution < 1.29 is 18.0 Å². The maximum absolute atomic E-state index is 13.2. The maximum Gasteiger partial charge on any atom is 0.393 e. The summed E-state index contributed by atoms with van der Waals surface area (Å²) in [5.74, 6) is -1.92. The Hall–Kier alpha value is -1.36. The van der Waals surface area contributed by atoms with E-state index in [1.807, 2.05) is 30.3 Å². The molecule has 1 saturated carbocycles. The van der Waals surface area contributed by atoms with Crippen molar-refractivity contribution in [1.29, 1.82) is 0 Å². The first-order valence-electron chi connectivity index (χ1n) is 7.37. The Morgan fingerprint density at radius 2 is 1.81 bits per heavy atom. The van der Waals surface area contributed by atoms with Gasteiger partial charge in [-0.15, -0.1) is 0 Å². The number of halogens is 3. The van der Waals surface area contributed by atoms with Gasteiger partial charge < -0.3 is 5.32 Å². The molecule has 1 aliphatic heterocycles. The van der Waals surface area contributed by atoms with E-state index in [1.54, 1.807) is 0 Å².